The molecule has 1 amide bonds. The summed E-state index contributed by atoms with van der Waals surface area (Å²) >= 11 is 3.21. The minimum absolute atomic E-state index is 0.0902. The zero-order valence-electron chi connectivity index (χ0n) is 10.8. The van der Waals surface area contributed by atoms with Crippen LogP contribution in [0, 0.1) is 0 Å². The molecule has 0 fully saturated rings. The summed E-state index contributed by atoms with van der Waals surface area (Å²) in [5, 5.41) is 19.5. The molecule has 2 rings (SSSR count). The summed E-state index contributed by atoms with van der Waals surface area (Å²) < 4.78 is 1.79. The molecule has 0 saturated heterocycles. The second-order valence-corrected chi connectivity index (χ2v) is 5.19. The third kappa shape index (κ3) is 2.78. The molecule has 0 saturated carbocycles. The summed E-state index contributed by atoms with van der Waals surface area (Å²) in [6.07, 6.45) is 1.42. The zero-order chi connectivity index (χ0) is 15.7. The van der Waals surface area contributed by atoms with Crippen molar-refractivity contribution >= 4 is 38.8 Å². The van der Waals surface area contributed by atoms with Gasteiger partial charge in [-0.3, -0.25) is 10.1 Å². The molecule has 0 aliphatic carbocycles. The van der Waals surface area contributed by atoms with Crippen molar-refractivity contribution in [3.8, 4) is 5.75 Å². The lowest BCUT2D eigenvalue weighted by molar-refractivity contribution is -0.545. The lowest BCUT2D eigenvalue weighted by Crippen LogP contribution is -2.90. The molecule has 0 radical (unpaired) electrons. The second kappa shape index (κ2) is 5.62. The van der Waals surface area contributed by atoms with Gasteiger partial charge in [0.1, 0.15) is 5.52 Å². The quantitative estimate of drug-likeness (QED) is 0.660. The van der Waals surface area contributed by atoms with Crippen molar-refractivity contribution in [1.82, 2.24) is 9.55 Å². The van der Waals surface area contributed by atoms with Crippen molar-refractivity contribution in [2.45, 2.75) is 0 Å². The van der Waals surface area contributed by atoms with E-state index >= 15 is 0 Å². The number of hydrogen-bond donors (Lipinski definition) is 3. The molecule has 0 aliphatic heterocycles. The van der Waals surface area contributed by atoms with E-state index in [2.05, 4.69) is 20.9 Å². The summed E-state index contributed by atoms with van der Waals surface area (Å²) in [5.41, 5.74) is -0.762. The largest absolute Gasteiger partial charge is 0.505 e. The van der Waals surface area contributed by atoms with Gasteiger partial charge >= 0.3 is 11.9 Å². The standard InChI is InChI=1S/C12H10BrN3O5/c1-16-6-2-5(13)3-14-9(6)10(19)8(12(16)21)11(20)15-4-7(17)18/h2-3,19H,4H2,1H3,(H,15,20)(H,17,18)/p+1. The number of amides is 1. The van der Waals surface area contributed by atoms with Gasteiger partial charge in [-0.25, -0.2) is 14.6 Å². The topological polar surface area (TPSA) is 126 Å². The van der Waals surface area contributed by atoms with E-state index in [1.54, 1.807) is 6.07 Å². The third-order valence-corrected chi connectivity index (χ3v) is 3.32. The Balaban J connectivity index is 2.65. The summed E-state index contributed by atoms with van der Waals surface area (Å²) in [7, 11) is 1.44. The lowest BCUT2D eigenvalue weighted by Gasteiger charge is -2.09. The summed E-state index contributed by atoms with van der Waals surface area (Å²) in [5.74, 6) is -2.60. The van der Waals surface area contributed by atoms with Crippen molar-refractivity contribution in [2.75, 3.05) is 6.54 Å². The van der Waals surface area contributed by atoms with Crippen LogP contribution in [0.4, 0.5) is 0 Å². The van der Waals surface area contributed by atoms with E-state index in [0.29, 0.717) is 9.99 Å². The van der Waals surface area contributed by atoms with Crippen LogP contribution in [-0.2, 0) is 11.8 Å². The van der Waals surface area contributed by atoms with Crippen LogP contribution in [0.1, 0.15) is 10.4 Å². The number of hydrogen-bond acceptors (Lipinski definition) is 5. The molecule has 110 valence electrons. The Morgan fingerprint density at radius 3 is 2.76 bits per heavy atom. The number of nitrogens with zero attached hydrogens (tertiary/aromatic N) is 2. The van der Waals surface area contributed by atoms with Gasteiger partial charge in [-0.05, 0) is 22.0 Å². The highest BCUT2D eigenvalue weighted by Gasteiger charge is 2.25. The number of pyridine rings is 2. The highest BCUT2D eigenvalue weighted by atomic mass is 79.9. The number of primary amides is 1. The molecule has 8 nitrogen and oxygen atoms in total. The Morgan fingerprint density at radius 2 is 2.14 bits per heavy atom. The number of aromatic hydroxyl groups is 1. The molecular weight excluding hydrogens is 346 g/mol. The van der Waals surface area contributed by atoms with E-state index in [1.807, 2.05) is 0 Å². The average Bonchev–Trinajstić information content (AvgIpc) is 2.42. The first-order valence-electron chi connectivity index (χ1n) is 5.79. The molecule has 0 atom stereocenters. The van der Waals surface area contributed by atoms with Crippen molar-refractivity contribution < 1.29 is 25.1 Å². The van der Waals surface area contributed by atoms with Gasteiger partial charge in [0.25, 0.3) is 5.56 Å². The number of carbonyl (C=O) groups is 2. The van der Waals surface area contributed by atoms with E-state index < -0.39 is 35.3 Å². The number of rotatable bonds is 3. The summed E-state index contributed by atoms with van der Waals surface area (Å²) in [4.78, 5) is 38.6. The van der Waals surface area contributed by atoms with Gasteiger partial charge < -0.3 is 14.8 Å². The van der Waals surface area contributed by atoms with Crippen LogP contribution in [0.5, 0.6) is 5.75 Å². The van der Waals surface area contributed by atoms with Gasteiger partial charge in [-0.2, -0.15) is 0 Å². The first-order valence-corrected chi connectivity index (χ1v) is 6.58. The second-order valence-electron chi connectivity index (χ2n) is 4.28. The Bertz CT molecular complexity index is 815. The van der Waals surface area contributed by atoms with Crippen LogP contribution in [0.3, 0.4) is 0 Å². The normalized spacial score (nSPS) is 10.8. The average molecular weight is 357 g/mol. The number of nitrogens with two attached hydrogens (primary N) is 1. The third-order valence-electron chi connectivity index (χ3n) is 2.88. The predicted molar refractivity (Wildman–Crippen MR) is 75.1 cm³/mol. The van der Waals surface area contributed by atoms with Crippen molar-refractivity contribution in [3.05, 3.63) is 32.7 Å². The fraction of sp³-hybridized carbons (Fsp3) is 0.167. The number of carboxylic acids is 1. The number of halogens is 1. The Labute approximate surface area is 126 Å². The summed E-state index contributed by atoms with van der Waals surface area (Å²) in [6, 6.07) is 1.58. The molecule has 2 heterocycles. The zero-order valence-corrected chi connectivity index (χ0v) is 12.4. The molecule has 0 aromatic carbocycles. The number of fused-ring (bicyclic) bond motifs is 1. The minimum atomic E-state index is -1.21. The van der Waals surface area contributed by atoms with E-state index in [1.165, 1.54) is 17.8 Å². The number of aromatic nitrogens is 2. The molecule has 0 bridgehead atoms. The van der Waals surface area contributed by atoms with Gasteiger partial charge in [-0.15, -0.1) is 0 Å². The van der Waals surface area contributed by atoms with Gasteiger partial charge in [0.2, 0.25) is 0 Å². The van der Waals surface area contributed by atoms with Gasteiger partial charge in [-0.1, -0.05) is 0 Å². The number of aryl methyl sites for hydroxylation is 1. The number of carbonyl (C=O) groups excluding carboxylic acids is 1. The number of quaternary nitrogens is 1. The van der Waals surface area contributed by atoms with E-state index in [-0.39, 0.29) is 5.52 Å². The molecule has 4 N–H and O–H groups in total. The molecule has 0 aliphatic rings. The Morgan fingerprint density at radius 1 is 1.48 bits per heavy atom. The number of carboxylic acid groups (broad SMARTS) is 1. The molecule has 9 heteroatoms. The maximum absolute atomic E-state index is 12.2. The van der Waals surface area contributed by atoms with Crippen molar-refractivity contribution in [2.24, 2.45) is 7.05 Å². The highest BCUT2D eigenvalue weighted by Crippen LogP contribution is 2.25. The Hall–Kier alpha value is -2.26. The van der Waals surface area contributed by atoms with Gasteiger partial charge in [0.05, 0.1) is 5.52 Å². The molecule has 2 aromatic rings. The molecule has 0 spiro atoms. The minimum Gasteiger partial charge on any atom is -0.505 e. The van der Waals surface area contributed by atoms with Crippen molar-refractivity contribution in [1.29, 1.82) is 0 Å². The highest BCUT2D eigenvalue weighted by molar-refractivity contribution is 9.10. The van der Waals surface area contributed by atoms with E-state index in [9.17, 15) is 19.5 Å². The maximum Gasteiger partial charge on any atom is 0.359 e. The first kappa shape index (κ1) is 15.1. The van der Waals surface area contributed by atoms with Crippen LogP contribution >= 0.6 is 15.9 Å². The van der Waals surface area contributed by atoms with E-state index in [4.69, 9.17) is 5.11 Å². The summed E-state index contributed by atoms with van der Waals surface area (Å²) in [6.45, 7) is -0.534. The number of aliphatic carboxylic acids is 1. The van der Waals surface area contributed by atoms with Crippen LogP contribution in [0.25, 0.3) is 11.0 Å². The maximum atomic E-state index is 12.2. The lowest BCUT2D eigenvalue weighted by atomic mass is 10.2. The SMILES string of the molecule is Cn1c(=O)c(C(=O)[NH2+]CC(=O)O)c(O)c2ncc(Br)cc21. The smallest absolute Gasteiger partial charge is 0.359 e. The van der Waals surface area contributed by atoms with Gasteiger partial charge in [0, 0.05) is 17.7 Å². The Kier molecular flexibility index (Phi) is 4.05. The van der Waals surface area contributed by atoms with Crippen LogP contribution < -0.4 is 10.9 Å². The fourth-order valence-corrected chi connectivity index (χ4v) is 2.19. The molecule has 21 heavy (non-hydrogen) atoms. The fourth-order valence-electron chi connectivity index (χ4n) is 1.87. The van der Waals surface area contributed by atoms with Crippen LogP contribution in [0.15, 0.2) is 21.5 Å². The van der Waals surface area contributed by atoms with Gasteiger partial charge in [0.15, 0.2) is 17.9 Å². The van der Waals surface area contributed by atoms with E-state index in [0.717, 1.165) is 5.32 Å². The predicted octanol–water partition coefficient (Wildman–Crippen LogP) is -0.810. The first-order chi connectivity index (χ1) is 9.82. The molecule has 0 unspecified atom stereocenters. The van der Waals surface area contributed by atoms with Crippen molar-refractivity contribution in [3.63, 3.8) is 0 Å². The monoisotopic (exact) mass is 356 g/mol. The van der Waals surface area contributed by atoms with Crippen LogP contribution in [0.2, 0.25) is 0 Å². The molecular formula is C12H11BrN3O5+. The molecule has 2 aromatic heterocycles. The van der Waals surface area contributed by atoms with Crippen LogP contribution in [-0.4, -0.2) is 38.2 Å².